The van der Waals surface area contributed by atoms with Crippen LogP contribution in [0.4, 0.5) is 0 Å². The predicted octanol–water partition coefficient (Wildman–Crippen LogP) is 2.54. The minimum absolute atomic E-state index is 0.113. The molecular formula is C14H12O3. The average molecular weight is 228 g/mol. The van der Waals surface area contributed by atoms with Crippen molar-refractivity contribution in [3.63, 3.8) is 0 Å². The lowest BCUT2D eigenvalue weighted by Gasteiger charge is -2.20. The van der Waals surface area contributed by atoms with E-state index in [2.05, 4.69) is 6.58 Å². The van der Waals surface area contributed by atoms with Crippen LogP contribution in [-0.2, 0) is 4.79 Å². The molecule has 1 N–H and O–H groups in total. The Morgan fingerprint density at radius 2 is 1.76 bits per heavy atom. The Bertz CT molecular complexity index is 552. The van der Waals surface area contributed by atoms with Gasteiger partial charge in [0.25, 0.3) is 0 Å². The molecule has 1 atom stereocenters. The number of fused-ring (bicyclic) bond motifs is 1. The number of benzene rings is 1. The lowest BCUT2D eigenvalue weighted by atomic mass is 9.83. The van der Waals surface area contributed by atoms with Crippen LogP contribution in [0.3, 0.4) is 0 Å². The van der Waals surface area contributed by atoms with E-state index in [0.717, 1.165) is 0 Å². The Hall–Kier alpha value is -2.16. The fourth-order valence-electron chi connectivity index (χ4n) is 1.93. The zero-order valence-electron chi connectivity index (χ0n) is 9.43. The maximum Gasteiger partial charge on any atom is 0.234 e. The van der Waals surface area contributed by atoms with E-state index in [-0.39, 0.29) is 22.8 Å². The number of hydrogen-bond acceptors (Lipinski definition) is 3. The molecule has 1 aromatic rings. The van der Waals surface area contributed by atoms with Gasteiger partial charge in [0, 0.05) is 17.0 Å². The number of aliphatic hydroxyl groups is 1. The molecule has 0 aromatic heterocycles. The molecule has 0 radical (unpaired) electrons. The molecule has 17 heavy (non-hydrogen) atoms. The summed E-state index contributed by atoms with van der Waals surface area (Å²) < 4.78 is 0. The van der Waals surface area contributed by atoms with Crippen LogP contribution in [-0.4, -0.2) is 16.7 Å². The first kappa shape index (κ1) is 11.3. The van der Waals surface area contributed by atoms with Gasteiger partial charge >= 0.3 is 0 Å². The normalized spacial score (nSPS) is 16.8. The molecule has 0 fully saturated rings. The smallest absolute Gasteiger partial charge is 0.234 e. The van der Waals surface area contributed by atoms with Gasteiger partial charge in [-0.15, -0.1) is 6.58 Å². The summed E-state index contributed by atoms with van der Waals surface area (Å²) in [6.45, 7) is 5.30. The molecule has 0 amide bonds. The molecule has 1 unspecified atom stereocenters. The van der Waals surface area contributed by atoms with Crippen LogP contribution >= 0.6 is 0 Å². The molecule has 3 heteroatoms. The number of rotatable bonds is 2. The lowest BCUT2D eigenvalue weighted by Crippen LogP contribution is -2.26. The van der Waals surface area contributed by atoms with Gasteiger partial charge in [-0.2, -0.15) is 0 Å². The standard InChI is InChI=1S/C14H12O3/c1-3-8(2)11-12(15)9-6-4-5-7-10(9)13(16)14(11)17/h3-8,15H,1H2,2H3. The van der Waals surface area contributed by atoms with Gasteiger partial charge in [-0.05, 0) is 0 Å². The molecule has 0 bridgehead atoms. The van der Waals surface area contributed by atoms with Crippen molar-refractivity contribution in [1.29, 1.82) is 0 Å². The Kier molecular flexibility index (Phi) is 2.68. The fourth-order valence-corrected chi connectivity index (χ4v) is 1.93. The second kappa shape index (κ2) is 4.01. The highest BCUT2D eigenvalue weighted by Crippen LogP contribution is 2.31. The van der Waals surface area contributed by atoms with Crippen LogP contribution in [0.25, 0.3) is 5.76 Å². The Morgan fingerprint density at radius 1 is 1.18 bits per heavy atom. The molecule has 1 aromatic carbocycles. The number of aliphatic hydroxyl groups excluding tert-OH is 1. The quantitative estimate of drug-likeness (QED) is 0.625. The number of hydrogen-bond donors (Lipinski definition) is 1. The number of allylic oxidation sites excluding steroid dienone is 2. The maximum absolute atomic E-state index is 11.9. The second-order valence-electron chi connectivity index (χ2n) is 3.99. The number of carbonyl (C=O) groups excluding carboxylic acids is 2. The lowest BCUT2D eigenvalue weighted by molar-refractivity contribution is -0.112. The van der Waals surface area contributed by atoms with E-state index in [0.29, 0.717) is 5.56 Å². The summed E-state index contributed by atoms with van der Waals surface area (Å²) in [5.74, 6) is -1.67. The van der Waals surface area contributed by atoms with Crippen LogP contribution in [0.2, 0.25) is 0 Å². The SMILES string of the molecule is C=CC(C)C1=C(O)c2ccccc2C(=O)C1=O. The van der Waals surface area contributed by atoms with Crippen molar-refractivity contribution in [2.24, 2.45) is 5.92 Å². The highest BCUT2D eigenvalue weighted by atomic mass is 16.3. The Balaban J connectivity index is 2.72. The van der Waals surface area contributed by atoms with Gasteiger partial charge < -0.3 is 5.11 Å². The summed E-state index contributed by atoms with van der Waals surface area (Å²) in [4.78, 5) is 23.7. The first-order valence-electron chi connectivity index (χ1n) is 5.32. The summed E-state index contributed by atoms with van der Waals surface area (Å²) in [5.41, 5.74) is 0.805. The molecule has 1 aliphatic carbocycles. The van der Waals surface area contributed by atoms with Crippen molar-refractivity contribution in [2.45, 2.75) is 6.92 Å². The topological polar surface area (TPSA) is 54.4 Å². The molecule has 2 rings (SSSR count). The summed E-state index contributed by atoms with van der Waals surface area (Å²) in [6.07, 6.45) is 1.53. The van der Waals surface area contributed by atoms with E-state index in [1.54, 1.807) is 31.2 Å². The minimum Gasteiger partial charge on any atom is -0.507 e. The monoisotopic (exact) mass is 228 g/mol. The Morgan fingerprint density at radius 3 is 2.35 bits per heavy atom. The highest BCUT2D eigenvalue weighted by molar-refractivity contribution is 6.52. The summed E-state index contributed by atoms with van der Waals surface area (Å²) in [5, 5.41) is 10.1. The molecular weight excluding hydrogens is 216 g/mol. The van der Waals surface area contributed by atoms with Crippen LogP contribution in [0.15, 0.2) is 42.5 Å². The molecule has 3 nitrogen and oxygen atoms in total. The third kappa shape index (κ3) is 1.60. The van der Waals surface area contributed by atoms with Crippen LogP contribution in [0.5, 0.6) is 0 Å². The van der Waals surface area contributed by atoms with Crippen molar-refractivity contribution in [2.75, 3.05) is 0 Å². The van der Waals surface area contributed by atoms with Crippen molar-refractivity contribution < 1.29 is 14.7 Å². The molecule has 0 saturated carbocycles. The van der Waals surface area contributed by atoms with Gasteiger partial charge in [-0.25, -0.2) is 0 Å². The van der Waals surface area contributed by atoms with E-state index in [9.17, 15) is 14.7 Å². The maximum atomic E-state index is 11.9. The van der Waals surface area contributed by atoms with Crippen molar-refractivity contribution >= 4 is 17.3 Å². The van der Waals surface area contributed by atoms with Gasteiger partial charge in [0.05, 0.1) is 5.57 Å². The van der Waals surface area contributed by atoms with Gasteiger partial charge in [0.2, 0.25) is 11.6 Å². The van der Waals surface area contributed by atoms with Crippen molar-refractivity contribution in [3.05, 3.63) is 53.6 Å². The average Bonchev–Trinajstić information content (AvgIpc) is 2.36. The van der Waals surface area contributed by atoms with E-state index in [1.165, 1.54) is 6.08 Å². The fraction of sp³-hybridized carbons (Fsp3) is 0.143. The molecule has 0 heterocycles. The van der Waals surface area contributed by atoms with E-state index in [1.807, 2.05) is 0 Å². The van der Waals surface area contributed by atoms with Crippen LogP contribution in [0, 0.1) is 5.92 Å². The van der Waals surface area contributed by atoms with E-state index < -0.39 is 11.6 Å². The summed E-state index contributed by atoms with van der Waals surface area (Å²) in [7, 11) is 0. The zero-order valence-corrected chi connectivity index (χ0v) is 9.43. The third-order valence-corrected chi connectivity index (χ3v) is 2.94. The van der Waals surface area contributed by atoms with Gasteiger partial charge in [0.15, 0.2) is 0 Å². The van der Waals surface area contributed by atoms with E-state index >= 15 is 0 Å². The molecule has 1 aliphatic rings. The van der Waals surface area contributed by atoms with Crippen LogP contribution in [0.1, 0.15) is 22.8 Å². The zero-order chi connectivity index (χ0) is 12.6. The highest BCUT2D eigenvalue weighted by Gasteiger charge is 2.34. The Labute approximate surface area is 99.1 Å². The predicted molar refractivity (Wildman–Crippen MR) is 64.7 cm³/mol. The molecule has 0 spiro atoms. The number of ketones is 2. The first-order chi connectivity index (χ1) is 8.07. The first-order valence-corrected chi connectivity index (χ1v) is 5.32. The van der Waals surface area contributed by atoms with Crippen LogP contribution < -0.4 is 0 Å². The van der Waals surface area contributed by atoms with Gasteiger partial charge in [0.1, 0.15) is 5.76 Å². The number of carbonyl (C=O) groups is 2. The minimum atomic E-state index is -0.645. The molecule has 0 aliphatic heterocycles. The van der Waals surface area contributed by atoms with Gasteiger partial charge in [-0.3, -0.25) is 9.59 Å². The van der Waals surface area contributed by atoms with Gasteiger partial charge in [-0.1, -0.05) is 37.3 Å². The second-order valence-corrected chi connectivity index (χ2v) is 3.99. The molecule has 86 valence electrons. The summed E-state index contributed by atoms with van der Waals surface area (Å²) in [6, 6.07) is 6.56. The molecule has 0 saturated heterocycles. The van der Waals surface area contributed by atoms with Crippen molar-refractivity contribution in [1.82, 2.24) is 0 Å². The summed E-state index contributed by atoms with van der Waals surface area (Å²) >= 11 is 0. The third-order valence-electron chi connectivity index (χ3n) is 2.94. The number of Topliss-reactive ketones (excluding diaryl/α,β-unsaturated/α-hetero) is 2. The van der Waals surface area contributed by atoms with Crippen molar-refractivity contribution in [3.8, 4) is 0 Å². The van der Waals surface area contributed by atoms with E-state index in [4.69, 9.17) is 0 Å². The largest absolute Gasteiger partial charge is 0.507 e.